The van der Waals surface area contributed by atoms with Crippen LogP contribution in [-0.4, -0.2) is 40.1 Å². The highest BCUT2D eigenvalue weighted by molar-refractivity contribution is 9.13. The van der Waals surface area contributed by atoms with Gasteiger partial charge in [0.1, 0.15) is 0 Å². The Balaban J connectivity index is 2.02. The molecule has 2 aromatic rings. The summed E-state index contributed by atoms with van der Waals surface area (Å²) >= 11 is 6.92. The topological polar surface area (TPSA) is 56.3 Å². The van der Waals surface area contributed by atoms with Crippen LogP contribution in [0.25, 0.3) is 10.9 Å². The summed E-state index contributed by atoms with van der Waals surface area (Å²) in [6.07, 6.45) is 3.58. The molecule has 1 fully saturated rings. The van der Waals surface area contributed by atoms with Crippen molar-refractivity contribution in [1.82, 2.24) is 9.88 Å². The van der Waals surface area contributed by atoms with Crippen LogP contribution in [0, 0.1) is 0 Å². The number of carbonyl (C=O) groups excluding carboxylic acids is 1. The van der Waals surface area contributed by atoms with Crippen LogP contribution in [0.2, 0.25) is 0 Å². The first-order valence-electron chi connectivity index (χ1n) is 6.49. The number of likely N-dealkylation sites (tertiary alicyclic amines) is 1. The van der Waals surface area contributed by atoms with Crippen LogP contribution in [-0.2, 0) is 0 Å². The van der Waals surface area contributed by atoms with Gasteiger partial charge in [-0.05, 0) is 56.8 Å². The molecule has 1 unspecified atom stereocenters. The van der Waals surface area contributed by atoms with Crippen LogP contribution in [0.1, 0.15) is 23.2 Å². The molecule has 20 heavy (non-hydrogen) atoms. The highest BCUT2D eigenvalue weighted by Gasteiger charge is 2.30. The van der Waals surface area contributed by atoms with Gasteiger partial charge in [-0.3, -0.25) is 4.79 Å². The summed E-state index contributed by atoms with van der Waals surface area (Å²) in [4.78, 5) is 17.6. The Hall–Kier alpha value is -0.850. The van der Waals surface area contributed by atoms with Crippen LogP contribution < -0.4 is 0 Å². The number of rotatable bonds is 2. The fourth-order valence-electron chi connectivity index (χ4n) is 2.74. The van der Waals surface area contributed by atoms with Crippen molar-refractivity contribution in [2.45, 2.75) is 18.9 Å². The molecule has 2 N–H and O–H groups in total. The summed E-state index contributed by atoms with van der Waals surface area (Å²) in [7, 11) is 0. The van der Waals surface area contributed by atoms with Crippen molar-refractivity contribution in [2.75, 3.05) is 13.2 Å². The SMILES string of the molecule is O=C(c1c[nH]c2cc(Br)c(Br)cc12)N1CCCC1CO. The van der Waals surface area contributed by atoms with Gasteiger partial charge in [-0.2, -0.15) is 0 Å². The van der Waals surface area contributed by atoms with Gasteiger partial charge in [-0.15, -0.1) is 0 Å². The predicted molar refractivity (Wildman–Crippen MR) is 84.8 cm³/mol. The summed E-state index contributed by atoms with van der Waals surface area (Å²) in [6, 6.07) is 3.84. The lowest BCUT2D eigenvalue weighted by molar-refractivity contribution is 0.0679. The Morgan fingerprint density at radius 3 is 2.90 bits per heavy atom. The maximum atomic E-state index is 12.7. The number of amides is 1. The lowest BCUT2D eigenvalue weighted by atomic mass is 10.1. The highest BCUT2D eigenvalue weighted by atomic mass is 79.9. The van der Waals surface area contributed by atoms with E-state index in [1.54, 1.807) is 11.1 Å². The Kier molecular flexibility index (Phi) is 3.88. The third-order valence-corrected chi connectivity index (χ3v) is 5.65. The lowest BCUT2D eigenvalue weighted by Gasteiger charge is -2.22. The van der Waals surface area contributed by atoms with E-state index in [1.165, 1.54) is 0 Å². The molecular weight excluding hydrogens is 388 g/mol. The number of aliphatic hydroxyl groups excluding tert-OH is 1. The second-order valence-electron chi connectivity index (χ2n) is 4.99. The van der Waals surface area contributed by atoms with Crippen molar-refractivity contribution in [1.29, 1.82) is 0 Å². The third-order valence-electron chi connectivity index (χ3n) is 3.80. The number of fused-ring (bicyclic) bond motifs is 1. The zero-order valence-corrected chi connectivity index (χ0v) is 13.9. The predicted octanol–water partition coefficient (Wildman–Crippen LogP) is 3.29. The number of hydrogen-bond acceptors (Lipinski definition) is 2. The number of carbonyl (C=O) groups is 1. The molecule has 4 nitrogen and oxygen atoms in total. The minimum atomic E-state index is -0.0497. The van der Waals surface area contributed by atoms with Crippen LogP contribution in [0.3, 0.4) is 0 Å². The second kappa shape index (κ2) is 5.50. The van der Waals surface area contributed by atoms with Gasteiger partial charge in [-0.25, -0.2) is 0 Å². The zero-order valence-electron chi connectivity index (χ0n) is 10.7. The molecule has 0 radical (unpaired) electrons. The van der Waals surface area contributed by atoms with E-state index in [9.17, 15) is 9.90 Å². The van der Waals surface area contributed by atoms with E-state index in [1.807, 2.05) is 12.1 Å². The Labute approximate surface area is 133 Å². The second-order valence-corrected chi connectivity index (χ2v) is 6.70. The molecule has 1 aliphatic heterocycles. The summed E-state index contributed by atoms with van der Waals surface area (Å²) in [6.45, 7) is 0.748. The normalized spacial score (nSPS) is 18.9. The largest absolute Gasteiger partial charge is 0.394 e. The number of aliphatic hydroxyl groups is 1. The molecule has 0 spiro atoms. The van der Waals surface area contributed by atoms with Crippen LogP contribution in [0.4, 0.5) is 0 Å². The fraction of sp³-hybridized carbons (Fsp3) is 0.357. The molecule has 6 heteroatoms. The maximum absolute atomic E-state index is 12.7. The van der Waals surface area contributed by atoms with Crippen LogP contribution in [0.5, 0.6) is 0 Å². The minimum absolute atomic E-state index is 0.0120. The van der Waals surface area contributed by atoms with E-state index in [2.05, 4.69) is 36.8 Å². The van der Waals surface area contributed by atoms with E-state index in [0.717, 1.165) is 32.7 Å². The van der Waals surface area contributed by atoms with Gasteiger partial charge in [0.25, 0.3) is 5.91 Å². The molecule has 0 saturated carbocycles. The number of nitrogens with one attached hydrogen (secondary N) is 1. The number of halogens is 2. The van der Waals surface area contributed by atoms with Gasteiger partial charge in [0.05, 0.1) is 18.2 Å². The smallest absolute Gasteiger partial charge is 0.256 e. The Bertz CT molecular complexity index is 668. The van der Waals surface area contributed by atoms with Crippen molar-refractivity contribution < 1.29 is 9.90 Å². The first-order chi connectivity index (χ1) is 9.61. The summed E-state index contributed by atoms with van der Waals surface area (Å²) in [5.41, 5.74) is 1.58. The van der Waals surface area contributed by atoms with Crippen molar-refractivity contribution in [2.24, 2.45) is 0 Å². The number of nitrogens with zero attached hydrogens (tertiary/aromatic N) is 1. The zero-order chi connectivity index (χ0) is 14.3. The maximum Gasteiger partial charge on any atom is 0.256 e. The molecule has 1 amide bonds. The quantitative estimate of drug-likeness (QED) is 0.811. The summed E-state index contributed by atoms with van der Waals surface area (Å²) in [5.74, 6) is -0.0120. The summed E-state index contributed by atoms with van der Waals surface area (Å²) in [5, 5.41) is 10.3. The monoisotopic (exact) mass is 400 g/mol. The number of hydrogen-bond donors (Lipinski definition) is 2. The number of H-pyrrole nitrogens is 1. The molecular formula is C14H14Br2N2O2. The van der Waals surface area contributed by atoms with E-state index in [4.69, 9.17) is 0 Å². The molecule has 1 aliphatic rings. The number of benzene rings is 1. The molecule has 1 atom stereocenters. The van der Waals surface area contributed by atoms with Gasteiger partial charge in [-0.1, -0.05) is 0 Å². The lowest BCUT2D eigenvalue weighted by Crippen LogP contribution is -2.37. The third kappa shape index (κ3) is 2.29. The van der Waals surface area contributed by atoms with E-state index >= 15 is 0 Å². The minimum Gasteiger partial charge on any atom is -0.394 e. The standard InChI is InChI=1S/C14H14Br2N2O2/c15-11-4-9-10(6-17-13(9)5-12(11)16)14(20)18-3-1-2-8(18)7-19/h4-6,8,17,19H,1-3,7H2. The summed E-state index contributed by atoms with van der Waals surface area (Å²) < 4.78 is 1.86. The molecule has 1 aromatic heterocycles. The first-order valence-corrected chi connectivity index (χ1v) is 8.08. The average Bonchev–Trinajstić information content (AvgIpc) is 3.05. The van der Waals surface area contributed by atoms with Crippen molar-refractivity contribution in [3.8, 4) is 0 Å². The van der Waals surface area contributed by atoms with Crippen LogP contribution in [0.15, 0.2) is 27.3 Å². The van der Waals surface area contributed by atoms with Crippen molar-refractivity contribution in [3.05, 3.63) is 32.8 Å². The van der Waals surface area contributed by atoms with Crippen molar-refractivity contribution in [3.63, 3.8) is 0 Å². The van der Waals surface area contributed by atoms with Gasteiger partial charge in [0.15, 0.2) is 0 Å². The van der Waals surface area contributed by atoms with E-state index < -0.39 is 0 Å². The van der Waals surface area contributed by atoms with E-state index in [0.29, 0.717) is 12.1 Å². The van der Waals surface area contributed by atoms with Gasteiger partial charge < -0.3 is 15.0 Å². The first kappa shape index (κ1) is 14.1. The molecule has 2 heterocycles. The molecule has 1 saturated heterocycles. The number of aromatic nitrogens is 1. The average molecular weight is 402 g/mol. The van der Waals surface area contributed by atoms with Gasteiger partial charge in [0.2, 0.25) is 0 Å². The van der Waals surface area contributed by atoms with E-state index in [-0.39, 0.29) is 18.6 Å². The molecule has 0 aliphatic carbocycles. The van der Waals surface area contributed by atoms with Gasteiger partial charge >= 0.3 is 0 Å². The molecule has 3 rings (SSSR count). The van der Waals surface area contributed by atoms with Gasteiger partial charge in [0, 0.05) is 32.6 Å². The highest BCUT2D eigenvalue weighted by Crippen LogP contribution is 2.31. The fourth-order valence-corrected chi connectivity index (χ4v) is 3.43. The van der Waals surface area contributed by atoms with Crippen LogP contribution >= 0.6 is 31.9 Å². The Morgan fingerprint density at radius 2 is 2.15 bits per heavy atom. The van der Waals surface area contributed by atoms with Crippen molar-refractivity contribution >= 4 is 48.7 Å². The Morgan fingerprint density at radius 1 is 1.40 bits per heavy atom. The molecule has 1 aromatic carbocycles. The molecule has 0 bridgehead atoms. The number of aromatic amines is 1. The molecule has 106 valence electrons.